The van der Waals surface area contributed by atoms with Gasteiger partial charge in [-0.15, -0.1) is 0 Å². The first kappa shape index (κ1) is 18.0. The first-order valence-electron chi connectivity index (χ1n) is 8.16. The molecule has 0 saturated carbocycles. The number of esters is 1. The Kier molecular flexibility index (Phi) is 5.65. The molecule has 1 aliphatic heterocycles. The molecule has 0 aromatic heterocycles. The monoisotopic (exact) mass is 331 g/mol. The average Bonchev–Trinajstić information content (AvgIpc) is 3.01. The van der Waals surface area contributed by atoms with Gasteiger partial charge in [0, 0.05) is 12.6 Å². The van der Waals surface area contributed by atoms with E-state index in [1.54, 1.807) is 11.0 Å². The van der Waals surface area contributed by atoms with Crippen molar-refractivity contribution in [2.24, 2.45) is 0 Å². The van der Waals surface area contributed by atoms with Crippen LogP contribution in [0.1, 0.15) is 50.8 Å². The van der Waals surface area contributed by atoms with E-state index < -0.39 is 5.60 Å². The molecule has 0 radical (unpaired) electrons. The Bertz CT molecular complexity index is 613. The lowest BCUT2D eigenvalue weighted by Gasteiger charge is -2.28. The summed E-state index contributed by atoms with van der Waals surface area (Å²) in [5, 5.41) is 0. The van der Waals surface area contributed by atoms with Gasteiger partial charge < -0.3 is 14.4 Å². The van der Waals surface area contributed by atoms with Gasteiger partial charge in [-0.25, -0.2) is 9.59 Å². The molecule has 2 rings (SSSR count). The maximum Gasteiger partial charge on any atom is 0.410 e. The molecule has 1 heterocycles. The minimum Gasteiger partial charge on any atom is -0.466 e. The Morgan fingerprint density at radius 3 is 2.46 bits per heavy atom. The largest absolute Gasteiger partial charge is 0.466 e. The number of benzene rings is 1. The molecule has 130 valence electrons. The molecular formula is C19H25NO4. The molecular weight excluding hydrogens is 306 g/mol. The van der Waals surface area contributed by atoms with Crippen LogP contribution in [0, 0.1) is 0 Å². The zero-order valence-corrected chi connectivity index (χ0v) is 14.7. The zero-order valence-electron chi connectivity index (χ0n) is 14.7. The van der Waals surface area contributed by atoms with E-state index in [2.05, 4.69) is 4.74 Å². The smallest absolute Gasteiger partial charge is 0.410 e. The lowest BCUT2D eigenvalue weighted by molar-refractivity contribution is -0.134. The van der Waals surface area contributed by atoms with Crippen molar-refractivity contribution in [1.29, 1.82) is 0 Å². The molecule has 5 heteroatoms. The van der Waals surface area contributed by atoms with E-state index in [4.69, 9.17) is 4.74 Å². The predicted molar refractivity (Wildman–Crippen MR) is 92.4 cm³/mol. The molecule has 1 aliphatic rings. The number of likely N-dealkylation sites (tertiary alicyclic amines) is 1. The number of carbonyl (C=O) groups is 2. The van der Waals surface area contributed by atoms with Crippen LogP contribution >= 0.6 is 0 Å². The van der Waals surface area contributed by atoms with Crippen molar-refractivity contribution < 1.29 is 19.1 Å². The highest BCUT2D eigenvalue weighted by Gasteiger charge is 2.32. The molecule has 5 nitrogen and oxygen atoms in total. The van der Waals surface area contributed by atoms with E-state index in [0.717, 1.165) is 24.0 Å². The van der Waals surface area contributed by atoms with Crippen molar-refractivity contribution in [3.05, 3.63) is 41.5 Å². The van der Waals surface area contributed by atoms with Gasteiger partial charge in [-0.2, -0.15) is 0 Å². The molecule has 1 saturated heterocycles. The van der Waals surface area contributed by atoms with Crippen molar-refractivity contribution in [3.8, 4) is 0 Å². The van der Waals surface area contributed by atoms with Gasteiger partial charge in [0.2, 0.25) is 0 Å². The van der Waals surface area contributed by atoms with Crippen molar-refractivity contribution in [1.82, 2.24) is 4.90 Å². The lowest BCUT2D eigenvalue weighted by Crippen LogP contribution is -2.36. The molecule has 1 amide bonds. The molecule has 0 bridgehead atoms. The highest BCUT2D eigenvalue weighted by Crippen LogP contribution is 2.33. The third-order valence-corrected chi connectivity index (χ3v) is 3.82. The first-order chi connectivity index (χ1) is 11.3. The lowest BCUT2D eigenvalue weighted by atomic mass is 10.0. The van der Waals surface area contributed by atoms with Gasteiger partial charge in [0.05, 0.1) is 13.2 Å². The van der Waals surface area contributed by atoms with E-state index in [9.17, 15) is 9.59 Å². The third kappa shape index (κ3) is 4.85. The number of methoxy groups -OCH3 is 1. The quantitative estimate of drug-likeness (QED) is 0.622. The van der Waals surface area contributed by atoms with Gasteiger partial charge in [-0.05, 0) is 50.8 Å². The van der Waals surface area contributed by atoms with E-state index in [1.807, 2.05) is 45.0 Å². The van der Waals surface area contributed by atoms with Crippen LogP contribution in [0.5, 0.6) is 0 Å². The molecule has 1 aromatic rings. The van der Waals surface area contributed by atoms with Crippen LogP contribution in [0.15, 0.2) is 30.3 Å². The van der Waals surface area contributed by atoms with Gasteiger partial charge in [0.15, 0.2) is 0 Å². The van der Waals surface area contributed by atoms with Crippen molar-refractivity contribution in [2.75, 3.05) is 13.7 Å². The summed E-state index contributed by atoms with van der Waals surface area (Å²) in [6.07, 6.45) is 4.72. The van der Waals surface area contributed by atoms with E-state index in [-0.39, 0.29) is 18.1 Å². The van der Waals surface area contributed by atoms with E-state index in [1.165, 1.54) is 13.2 Å². The van der Waals surface area contributed by atoms with Crippen LogP contribution in [0.2, 0.25) is 0 Å². The standard InChI is InChI=1S/C19H25NO4/c1-19(2,3)24-18(22)20-13-5-6-16(20)15-10-7-14(8-11-15)9-12-17(21)23-4/h7-12,16H,5-6,13H2,1-4H3/b12-9+/t16-/m0/s1. The van der Waals surface area contributed by atoms with Gasteiger partial charge in [-0.3, -0.25) is 0 Å². The number of hydrogen-bond acceptors (Lipinski definition) is 4. The summed E-state index contributed by atoms with van der Waals surface area (Å²) in [7, 11) is 1.35. The number of amides is 1. The van der Waals surface area contributed by atoms with Crippen LogP contribution in [-0.4, -0.2) is 36.2 Å². The van der Waals surface area contributed by atoms with Crippen LogP contribution in [0.25, 0.3) is 6.08 Å². The molecule has 1 aromatic carbocycles. The molecule has 0 N–H and O–H groups in total. The summed E-state index contributed by atoms with van der Waals surface area (Å²) < 4.78 is 10.1. The van der Waals surface area contributed by atoms with Crippen molar-refractivity contribution in [2.45, 2.75) is 45.3 Å². The molecule has 24 heavy (non-hydrogen) atoms. The minimum atomic E-state index is -0.493. The highest BCUT2D eigenvalue weighted by molar-refractivity contribution is 5.86. The van der Waals surface area contributed by atoms with Crippen LogP contribution < -0.4 is 0 Å². The number of hydrogen-bond donors (Lipinski definition) is 0. The van der Waals surface area contributed by atoms with Crippen molar-refractivity contribution >= 4 is 18.1 Å². The normalized spacial score (nSPS) is 18.0. The van der Waals surface area contributed by atoms with Gasteiger partial charge in [0.1, 0.15) is 5.60 Å². The summed E-state index contributed by atoms with van der Waals surface area (Å²) >= 11 is 0. The Morgan fingerprint density at radius 1 is 1.21 bits per heavy atom. The third-order valence-electron chi connectivity index (χ3n) is 3.82. The van der Waals surface area contributed by atoms with Crippen LogP contribution in [0.3, 0.4) is 0 Å². The number of nitrogens with zero attached hydrogens (tertiary/aromatic N) is 1. The molecule has 1 fully saturated rings. The number of ether oxygens (including phenoxy) is 2. The topological polar surface area (TPSA) is 55.8 Å². The van der Waals surface area contributed by atoms with Gasteiger partial charge >= 0.3 is 12.1 Å². The molecule has 0 spiro atoms. The fraction of sp³-hybridized carbons (Fsp3) is 0.474. The summed E-state index contributed by atoms with van der Waals surface area (Å²) in [6.45, 7) is 6.33. The molecule has 1 atom stereocenters. The second kappa shape index (κ2) is 7.51. The summed E-state index contributed by atoms with van der Waals surface area (Å²) in [5.74, 6) is -0.383. The SMILES string of the molecule is COC(=O)/C=C/c1ccc([C@@H]2CCCN2C(=O)OC(C)(C)C)cc1. The summed E-state index contributed by atoms with van der Waals surface area (Å²) in [6, 6.07) is 7.88. The second-order valence-corrected chi connectivity index (χ2v) is 6.85. The number of rotatable bonds is 3. The van der Waals surface area contributed by atoms with Crippen LogP contribution in [0.4, 0.5) is 4.79 Å². The summed E-state index contributed by atoms with van der Waals surface area (Å²) in [4.78, 5) is 25.3. The maximum atomic E-state index is 12.4. The van der Waals surface area contributed by atoms with Gasteiger partial charge in [-0.1, -0.05) is 24.3 Å². The second-order valence-electron chi connectivity index (χ2n) is 6.85. The van der Waals surface area contributed by atoms with E-state index in [0.29, 0.717) is 6.54 Å². The fourth-order valence-corrected chi connectivity index (χ4v) is 2.71. The number of carbonyl (C=O) groups excluding carboxylic acids is 2. The zero-order chi connectivity index (χ0) is 17.7. The van der Waals surface area contributed by atoms with Gasteiger partial charge in [0.25, 0.3) is 0 Å². The van der Waals surface area contributed by atoms with Crippen LogP contribution in [-0.2, 0) is 14.3 Å². The average molecular weight is 331 g/mol. The Balaban J connectivity index is 2.08. The maximum absolute atomic E-state index is 12.4. The minimum absolute atomic E-state index is 0.0403. The Morgan fingerprint density at radius 2 is 1.88 bits per heavy atom. The van der Waals surface area contributed by atoms with Crippen molar-refractivity contribution in [3.63, 3.8) is 0 Å². The molecule has 0 unspecified atom stereocenters. The fourth-order valence-electron chi connectivity index (χ4n) is 2.71. The highest BCUT2D eigenvalue weighted by atomic mass is 16.6. The Hall–Kier alpha value is -2.30. The predicted octanol–water partition coefficient (Wildman–Crippen LogP) is 3.94. The molecule has 0 aliphatic carbocycles. The summed E-state index contributed by atoms with van der Waals surface area (Å²) in [5.41, 5.74) is 1.49. The first-order valence-corrected chi connectivity index (χ1v) is 8.16. The Labute approximate surface area is 143 Å². The van der Waals surface area contributed by atoms with E-state index >= 15 is 0 Å².